The highest BCUT2D eigenvalue weighted by Gasteiger charge is 2.34. The number of rotatable bonds is 8. The van der Waals surface area contributed by atoms with Crippen LogP contribution in [0.25, 0.3) is 6.08 Å². The first-order chi connectivity index (χ1) is 14.1. The van der Waals surface area contributed by atoms with Gasteiger partial charge < -0.3 is 14.8 Å². The van der Waals surface area contributed by atoms with Crippen molar-refractivity contribution in [2.24, 2.45) is 0 Å². The third-order valence-corrected chi connectivity index (χ3v) is 4.31. The highest BCUT2D eigenvalue weighted by atomic mass is 16.5. The van der Waals surface area contributed by atoms with Gasteiger partial charge in [0.1, 0.15) is 5.70 Å². The molecule has 150 valence electrons. The van der Waals surface area contributed by atoms with Crippen LogP contribution in [0.3, 0.4) is 0 Å². The molecule has 29 heavy (non-hydrogen) atoms. The van der Waals surface area contributed by atoms with E-state index in [4.69, 9.17) is 9.47 Å². The molecule has 3 amide bonds. The van der Waals surface area contributed by atoms with E-state index in [1.54, 1.807) is 42.5 Å². The SMILES string of the molecule is C=CCc1cc(/C=C2/NC(=O)N(c3ccccc3)C2=O)cc(OCC)c1OCC. The molecule has 0 radical (unpaired) electrons. The van der Waals surface area contributed by atoms with Crippen LogP contribution < -0.4 is 19.7 Å². The summed E-state index contributed by atoms with van der Waals surface area (Å²) in [6.45, 7) is 8.59. The van der Waals surface area contributed by atoms with Gasteiger partial charge in [-0.25, -0.2) is 9.69 Å². The summed E-state index contributed by atoms with van der Waals surface area (Å²) in [5, 5.41) is 2.65. The molecular weight excluding hydrogens is 368 g/mol. The van der Waals surface area contributed by atoms with Crippen LogP contribution in [0.5, 0.6) is 11.5 Å². The van der Waals surface area contributed by atoms with E-state index in [-0.39, 0.29) is 5.70 Å². The molecule has 0 aliphatic carbocycles. The van der Waals surface area contributed by atoms with Gasteiger partial charge in [-0.1, -0.05) is 24.3 Å². The first-order valence-corrected chi connectivity index (χ1v) is 9.54. The Labute approximate surface area is 170 Å². The van der Waals surface area contributed by atoms with E-state index in [0.29, 0.717) is 36.8 Å². The van der Waals surface area contributed by atoms with E-state index in [0.717, 1.165) is 16.0 Å². The Kier molecular flexibility index (Phi) is 6.34. The van der Waals surface area contributed by atoms with Crippen LogP contribution in [0.4, 0.5) is 10.5 Å². The monoisotopic (exact) mass is 392 g/mol. The van der Waals surface area contributed by atoms with Gasteiger partial charge in [-0.05, 0) is 56.2 Å². The zero-order valence-electron chi connectivity index (χ0n) is 16.6. The van der Waals surface area contributed by atoms with Gasteiger partial charge in [0.05, 0.1) is 18.9 Å². The van der Waals surface area contributed by atoms with E-state index in [2.05, 4.69) is 11.9 Å². The predicted molar refractivity (Wildman–Crippen MR) is 113 cm³/mol. The van der Waals surface area contributed by atoms with Gasteiger partial charge in [-0.3, -0.25) is 4.79 Å². The number of carbonyl (C=O) groups is 2. The second-order valence-electron chi connectivity index (χ2n) is 6.33. The number of anilines is 1. The lowest BCUT2D eigenvalue weighted by Crippen LogP contribution is -2.30. The van der Waals surface area contributed by atoms with Crippen molar-refractivity contribution in [3.05, 3.63) is 71.9 Å². The van der Waals surface area contributed by atoms with Gasteiger partial charge in [0, 0.05) is 5.56 Å². The number of imide groups is 1. The van der Waals surface area contributed by atoms with E-state index in [1.807, 2.05) is 26.0 Å². The van der Waals surface area contributed by atoms with Crippen LogP contribution in [0.15, 0.2) is 60.8 Å². The third kappa shape index (κ3) is 4.32. The van der Waals surface area contributed by atoms with Crippen molar-refractivity contribution >= 4 is 23.7 Å². The molecule has 0 bridgehead atoms. The van der Waals surface area contributed by atoms with Crippen molar-refractivity contribution in [1.29, 1.82) is 0 Å². The summed E-state index contributed by atoms with van der Waals surface area (Å²) in [7, 11) is 0. The molecule has 1 aliphatic rings. The number of benzene rings is 2. The predicted octanol–water partition coefficient (Wildman–Crippen LogP) is 4.31. The quantitative estimate of drug-likeness (QED) is 0.413. The van der Waals surface area contributed by atoms with Gasteiger partial charge in [0.25, 0.3) is 5.91 Å². The number of ether oxygens (including phenoxy) is 2. The molecule has 1 N–H and O–H groups in total. The normalized spacial score (nSPS) is 14.8. The van der Waals surface area contributed by atoms with Crippen molar-refractivity contribution in [3.8, 4) is 11.5 Å². The molecule has 2 aromatic rings. The number of para-hydroxylation sites is 1. The summed E-state index contributed by atoms with van der Waals surface area (Å²) >= 11 is 0. The van der Waals surface area contributed by atoms with E-state index >= 15 is 0 Å². The molecule has 1 saturated heterocycles. The summed E-state index contributed by atoms with van der Waals surface area (Å²) in [6, 6.07) is 12.1. The molecule has 6 nitrogen and oxygen atoms in total. The third-order valence-electron chi connectivity index (χ3n) is 4.31. The molecule has 6 heteroatoms. The molecule has 2 aromatic carbocycles. The maximum atomic E-state index is 12.8. The standard InChI is InChI=1S/C23H24N2O4/c1-4-10-17-13-16(15-20(28-5-2)21(17)29-6-3)14-19-22(26)25(23(27)24-19)18-11-8-7-9-12-18/h4,7-9,11-15H,1,5-6,10H2,2-3H3,(H,24,27)/b19-14+. The Morgan fingerprint density at radius 3 is 2.45 bits per heavy atom. The summed E-state index contributed by atoms with van der Waals surface area (Å²) in [5.41, 5.74) is 2.35. The molecule has 0 spiro atoms. The fourth-order valence-corrected chi connectivity index (χ4v) is 3.16. The molecule has 1 aliphatic heterocycles. The molecule has 0 atom stereocenters. The first-order valence-electron chi connectivity index (χ1n) is 9.54. The minimum Gasteiger partial charge on any atom is -0.490 e. The van der Waals surface area contributed by atoms with E-state index in [9.17, 15) is 9.59 Å². The number of hydrogen-bond donors (Lipinski definition) is 1. The van der Waals surface area contributed by atoms with Crippen LogP contribution in [-0.2, 0) is 11.2 Å². The Morgan fingerprint density at radius 1 is 1.07 bits per heavy atom. The molecule has 1 heterocycles. The van der Waals surface area contributed by atoms with Gasteiger partial charge >= 0.3 is 6.03 Å². The zero-order valence-corrected chi connectivity index (χ0v) is 16.6. The Hall–Kier alpha value is -3.54. The fourth-order valence-electron chi connectivity index (χ4n) is 3.16. The minimum atomic E-state index is -0.477. The number of nitrogens with zero attached hydrogens (tertiary/aromatic N) is 1. The lowest BCUT2D eigenvalue weighted by atomic mass is 10.0. The van der Waals surface area contributed by atoms with Crippen molar-refractivity contribution in [2.75, 3.05) is 18.1 Å². The number of nitrogens with one attached hydrogen (secondary N) is 1. The smallest absolute Gasteiger partial charge is 0.333 e. The maximum Gasteiger partial charge on any atom is 0.333 e. The van der Waals surface area contributed by atoms with Crippen molar-refractivity contribution in [1.82, 2.24) is 5.32 Å². The first kappa shape index (κ1) is 20.2. The largest absolute Gasteiger partial charge is 0.490 e. The summed E-state index contributed by atoms with van der Waals surface area (Å²) in [4.78, 5) is 26.3. The van der Waals surface area contributed by atoms with E-state index in [1.165, 1.54) is 0 Å². The van der Waals surface area contributed by atoms with Gasteiger partial charge in [0.15, 0.2) is 11.5 Å². The van der Waals surface area contributed by atoms with Crippen molar-refractivity contribution in [2.45, 2.75) is 20.3 Å². The van der Waals surface area contributed by atoms with Crippen LogP contribution >= 0.6 is 0 Å². The van der Waals surface area contributed by atoms with Crippen LogP contribution in [0, 0.1) is 0 Å². The number of amides is 3. The highest BCUT2D eigenvalue weighted by molar-refractivity contribution is 6.28. The molecule has 0 aromatic heterocycles. The maximum absolute atomic E-state index is 12.8. The lowest BCUT2D eigenvalue weighted by Gasteiger charge is -2.16. The average Bonchev–Trinajstić information content (AvgIpc) is 2.98. The topological polar surface area (TPSA) is 67.9 Å². The molecule has 0 saturated carbocycles. The minimum absolute atomic E-state index is 0.204. The zero-order chi connectivity index (χ0) is 20.8. The number of hydrogen-bond acceptors (Lipinski definition) is 4. The number of allylic oxidation sites excluding steroid dienone is 1. The molecule has 3 rings (SSSR count). The summed E-state index contributed by atoms with van der Waals surface area (Å²) in [5.74, 6) is 0.861. The number of urea groups is 1. The Balaban J connectivity index is 2.00. The summed E-state index contributed by atoms with van der Waals surface area (Å²) in [6.07, 6.45) is 4.01. The van der Waals surface area contributed by atoms with Gasteiger partial charge in [0.2, 0.25) is 0 Å². The van der Waals surface area contributed by atoms with E-state index < -0.39 is 11.9 Å². The lowest BCUT2D eigenvalue weighted by molar-refractivity contribution is -0.113. The second kappa shape index (κ2) is 9.10. The molecule has 0 unspecified atom stereocenters. The van der Waals surface area contributed by atoms with Crippen LogP contribution in [0.2, 0.25) is 0 Å². The molecule has 1 fully saturated rings. The highest BCUT2D eigenvalue weighted by Crippen LogP contribution is 2.35. The van der Waals surface area contributed by atoms with Gasteiger partial charge in [-0.2, -0.15) is 0 Å². The Morgan fingerprint density at radius 2 is 1.79 bits per heavy atom. The second-order valence-corrected chi connectivity index (χ2v) is 6.33. The number of carbonyl (C=O) groups excluding carboxylic acids is 2. The molecular formula is C23H24N2O4. The Bertz CT molecular complexity index is 951. The van der Waals surface area contributed by atoms with Crippen LogP contribution in [-0.4, -0.2) is 25.2 Å². The average molecular weight is 392 g/mol. The van der Waals surface area contributed by atoms with Crippen LogP contribution in [0.1, 0.15) is 25.0 Å². The van der Waals surface area contributed by atoms with Gasteiger partial charge in [-0.15, -0.1) is 6.58 Å². The fraction of sp³-hybridized carbons (Fsp3) is 0.217. The van der Waals surface area contributed by atoms with Crippen molar-refractivity contribution in [3.63, 3.8) is 0 Å². The summed E-state index contributed by atoms with van der Waals surface area (Å²) < 4.78 is 11.5. The van der Waals surface area contributed by atoms with Crippen molar-refractivity contribution < 1.29 is 19.1 Å².